The quantitative estimate of drug-likeness (QED) is 0.126. The van der Waals surface area contributed by atoms with Gasteiger partial charge in [0.1, 0.15) is 0 Å². The van der Waals surface area contributed by atoms with Crippen LogP contribution in [0.25, 0.3) is 121 Å². The highest BCUT2D eigenvalue weighted by molar-refractivity contribution is 7.29. The highest BCUT2D eigenvalue weighted by atomic mass is 32.1. The molecule has 0 fully saturated rings. The van der Waals surface area contributed by atoms with Gasteiger partial charge in [0.2, 0.25) is 0 Å². The molecule has 0 bridgehead atoms. The summed E-state index contributed by atoms with van der Waals surface area (Å²) in [6.45, 7) is -0.589. The van der Waals surface area contributed by atoms with Crippen LogP contribution in [0.4, 0.5) is 102 Å². The fourth-order valence-electron chi connectivity index (χ4n) is 22.1. The molecule has 4 aliphatic heterocycles. The van der Waals surface area contributed by atoms with E-state index in [9.17, 15) is 0 Å². The molecule has 6 nitrogen and oxygen atoms in total. The first-order chi connectivity index (χ1) is 63.5. The summed E-state index contributed by atoms with van der Waals surface area (Å²) in [5, 5.41) is 15.0. The van der Waals surface area contributed by atoms with Crippen molar-refractivity contribution in [3.05, 3.63) is 400 Å². The summed E-state index contributed by atoms with van der Waals surface area (Å²) in [5.41, 5.74) is 27.6. The Kier molecular flexibility index (Phi) is 15.4. The summed E-state index contributed by atoms with van der Waals surface area (Å²) in [6, 6.07) is 153. The molecule has 0 radical (unpaired) electrons. The van der Waals surface area contributed by atoms with Crippen molar-refractivity contribution in [2.24, 2.45) is 0 Å². The maximum atomic E-state index is 2.75. The largest absolute Gasteiger partial charge is 0.310 e. The summed E-state index contributed by atoms with van der Waals surface area (Å²) < 4.78 is 15.0. The lowest BCUT2D eigenvalue weighted by Gasteiger charge is -2.48. The van der Waals surface area contributed by atoms with Crippen molar-refractivity contribution in [3.8, 4) is 0 Å². The Labute approximate surface area is 760 Å². The zero-order valence-electron chi connectivity index (χ0n) is 68.4. The smallest absolute Gasteiger partial charge is 0.252 e. The van der Waals surface area contributed by atoms with Crippen molar-refractivity contribution in [2.45, 2.75) is 0 Å². The normalized spacial score (nSPS) is 13.2. The maximum absolute atomic E-state index is 2.75. The second kappa shape index (κ2) is 27.5. The van der Waals surface area contributed by atoms with Gasteiger partial charge in [0.15, 0.2) is 0 Å². The Morgan fingerprint density at radius 3 is 0.727 bits per heavy atom. The van der Waals surface area contributed by atoms with E-state index in [0.29, 0.717) is 0 Å². The predicted molar refractivity (Wildman–Crippen MR) is 561 cm³/mol. The van der Waals surface area contributed by atoms with Crippen LogP contribution in [0.5, 0.6) is 0 Å². The number of hydrogen-bond donors (Lipinski definition) is 0. The van der Waals surface area contributed by atoms with Gasteiger partial charge in [0.05, 0.1) is 73.7 Å². The second-order valence-corrected chi connectivity index (χ2v) is 40.3. The van der Waals surface area contributed by atoms with Gasteiger partial charge < -0.3 is 29.4 Å². The molecule has 10 heterocycles. The highest BCUT2D eigenvalue weighted by Crippen LogP contribution is 2.59. The molecule has 0 saturated carbocycles. The molecule has 0 N–H and O–H groups in total. The zero-order valence-corrected chi connectivity index (χ0v) is 73.3. The fourth-order valence-corrected chi connectivity index (χ4v) is 29.3. The van der Waals surface area contributed by atoms with Crippen LogP contribution in [0.15, 0.2) is 400 Å². The van der Waals surface area contributed by atoms with E-state index in [1.165, 1.54) is 154 Å². The third-order valence-corrected chi connectivity index (χ3v) is 34.6. The number of hydrogen-bond acceptors (Lipinski definition) is 12. The number of fused-ring (bicyclic) bond motifs is 26. The molecular formula is C114H66B2N6S6. The molecule has 6 aromatic heterocycles. The van der Waals surface area contributed by atoms with Gasteiger partial charge >= 0.3 is 0 Å². The average molecular weight is 1730 g/mol. The van der Waals surface area contributed by atoms with E-state index in [1.807, 2.05) is 68.0 Å². The first kappa shape index (κ1) is 71.7. The number of para-hydroxylation sites is 4. The monoisotopic (exact) mass is 1730 g/mol. The summed E-state index contributed by atoms with van der Waals surface area (Å²) in [5.74, 6) is 0. The Morgan fingerprint density at radius 2 is 0.406 bits per heavy atom. The minimum absolute atomic E-state index is 0.294. The molecule has 14 heteroatoms. The van der Waals surface area contributed by atoms with Crippen molar-refractivity contribution >= 4 is 338 Å². The second-order valence-electron chi connectivity index (χ2n) is 33.9. The standard InChI is InChI=1S/C114H66B2N6S6/c1-3-29-67(30-4-1)117(89-49-23-39-77-71-33-7-17-55-101(71)123-109(77)89)69-61-97-107-99(63-69)121(93-53-27-43-81-75-37-11-21-59-105(75)127-113(81)93)95-66-96-86(65-85(95)115(107)83-45-13-15-47-87(83)119(97)91-51-25-41-79-73-35-9-19-57-103(73)125-111(79)91)116-84-46-14-16-48-88(84)120(92-52-26-42-80-74-36-10-20-58-104(74)126-112(80)92)98-62-70(64-100(108(98)116)122(96)94-54-28-44-82-76-38-12-22-60-106(76)128-114(82)94)118(68-31-5-2-6-32-68)90-50-24-40-78-72-34-8-18-56-102(72)124-110(78)90/h1-66H. The molecule has 25 aromatic rings. The van der Waals surface area contributed by atoms with Gasteiger partial charge in [-0.2, -0.15) is 0 Å². The molecule has 0 spiro atoms. The van der Waals surface area contributed by atoms with Crippen LogP contribution >= 0.6 is 68.0 Å². The first-order valence-electron chi connectivity index (χ1n) is 43.6. The van der Waals surface area contributed by atoms with Crippen LogP contribution in [-0.4, -0.2) is 13.4 Å². The summed E-state index contributed by atoms with van der Waals surface area (Å²) in [7, 11) is 0. The van der Waals surface area contributed by atoms with Crippen LogP contribution in [0.3, 0.4) is 0 Å². The van der Waals surface area contributed by atoms with Crippen molar-refractivity contribution in [2.75, 3.05) is 29.4 Å². The predicted octanol–water partition coefficient (Wildman–Crippen LogP) is 31.0. The number of rotatable bonds is 10. The topological polar surface area (TPSA) is 19.4 Å². The molecule has 19 aromatic carbocycles. The van der Waals surface area contributed by atoms with E-state index in [2.05, 4.69) is 430 Å². The maximum Gasteiger partial charge on any atom is 0.252 e. The molecule has 128 heavy (non-hydrogen) atoms. The third-order valence-electron chi connectivity index (χ3n) is 27.3. The lowest BCUT2D eigenvalue weighted by atomic mass is 9.30. The Bertz CT molecular complexity index is 8580. The van der Waals surface area contributed by atoms with E-state index in [0.717, 1.165) is 102 Å². The van der Waals surface area contributed by atoms with E-state index in [4.69, 9.17) is 0 Å². The van der Waals surface area contributed by atoms with Gasteiger partial charge in [0, 0.05) is 150 Å². The van der Waals surface area contributed by atoms with E-state index < -0.39 is 0 Å². The molecule has 0 unspecified atom stereocenters. The van der Waals surface area contributed by atoms with Gasteiger partial charge in [-0.3, -0.25) is 0 Å². The average Bonchev–Trinajstić information content (AvgIpc) is 1.00. The number of thiophene rings is 6. The Hall–Kier alpha value is -14.6. The van der Waals surface area contributed by atoms with Crippen molar-refractivity contribution in [3.63, 3.8) is 0 Å². The van der Waals surface area contributed by atoms with Crippen LogP contribution in [-0.2, 0) is 0 Å². The molecule has 29 rings (SSSR count). The lowest BCUT2D eigenvalue weighted by Crippen LogP contribution is -2.65. The van der Waals surface area contributed by atoms with Crippen molar-refractivity contribution in [1.29, 1.82) is 0 Å². The van der Waals surface area contributed by atoms with Crippen molar-refractivity contribution in [1.82, 2.24) is 0 Å². The van der Waals surface area contributed by atoms with Gasteiger partial charge in [-0.1, -0.05) is 261 Å². The number of anilines is 18. The molecule has 594 valence electrons. The zero-order chi connectivity index (χ0) is 83.2. The van der Waals surface area contributed by atoms with Crippen molar-refractivity contribution < 1.29 is 0 Å². The molecule has 0 saturated heterocycles. The van der Waals surface area contributed by atoms with E-state index in [-0.39, 0.29) is 13.4 Å². The van der Waals surface area contributed by atoms with Gasteiger partial charge in [-0.05, 0) is 172 Å². The van der Waals surface area contributed by atoms with Crippen LogP contribution in [0.2, 0.25) is 0 Å². The van der Waals surface area contributed by atoms with E-state index >= 15 is 0 Å². The summed E-state index contributed by atoms with van der Waals surface area (Å²) >= 11 is 11.4. The summed E-state index contributed by atoms with van der Waals surface area (Å²) in [4.78, 5) is 16.0. The lowest BCUT2D eigenvalue weighted by molar-refractivity contribution is 1.23. The number of nitrogens with zero attached hydrogens (tertiary/aromatic N) is 6. The molecule has 0 amide bonds. The van der Waals surface area contributed by atoms with Gasteiger partial charge in [-0.15, -0.1) is 68.0 Å². The third kappa shape index (κ3) is 10.2. The highest BCUT2D eigenvalue weighted by Gasteiger charge is 2.50. The minimum atomic E-state index is -0.294. The van der Waals surface area contributed by atoms with Crippen LogP contribution < -0.4 is 62.2 Å². The van der Waals surface area contributed by atoms with Crippen LogP contribution in [0, 0.1) is 0 Å². The first-order valence-corrected chi connectivity index (χ1v) is 48.5. The van der Waals surface area contributed by atoms with Crippen LogP contribution in [0.1, 0.15) is 0 Å². The minimum Gasteiger partial charge on any atom is -0.310 e. The number of benzene rings is 19. The fraction of sp³-hybridized carbons (Fsp3) is 0. The Balaban J connectivity index is 0.779. The van der Waals surface area contributed by atoms with E-state index in [1.54, 1.807) is 0 Å². The molecule has 0 atom stereocenters. The Morgan fingerprint density at radius 1 is 0.164 bits per heavy atom. The summed E-state index contributed by atoms with van der Waals surface area (Å²) in [6.07, 6.45) is 0. The molecule has 4 aliphatic rings. The molecular weight excluding hydrogens is 1670 g/mol. The SMILES string of the molecule is c1ccc(N(c2cc3c4c(c2)N(c2cccc5c2sc2ccccc25)c2cc5c(cc2B4c2ccccc2N3c2cccc3c2sc2ccccc23)B2c3ccccc3N(c3cccc4c3sc3ccccc34)c3cc(N(c4ccccc4)c4cccc6c4sc4ccccc46)cc(c32)N5c2cccc3c2sc2ccccc23)c2cccc3c2sc2ccccc23)cc1. The van der Waals surface area contributed by atoms with Gasteiger partial charge in [0.25, 0.3) is 13.4 Å². The molecule has 0 aliphatic carbocycles. The van der Waals surface area contributed by atoms with Gasteiger partial charge in [-0.25, -0.2) is 0 Å².